The fourth-order valence-electron chi connectivity index (χ4n) is 1.64. The summed E-state index contributed by atoms with van der Waals surface area (Å²) in [7, 11) is 1.80. The summed E-state index contributed by atoms with van der Waals surface area (Å²) in [6.45, 7) is 0.368. The van der Waals surface area contributed by atoms with Crippen LogP contribution in [0.25, 0.3) is 0 Å². The third kappa shape index (κ3) is 3.80. The number of thiazole rings is 1. The Morgan fingerprint density at radius 3 is 2.86 bits per heavy atom. The number of hydrogen-bond donors (Lipinski definition) is 0. The molecule has 0 amide bonds. The zero-order chi connectivity index (χ0) is 15.4. The lowest BCUT2D eigenvalue weighted by molar-refractivity contribution is 0.305. The van der Waals surface area contributed by atoms with Crippen LogP contribution < -0.4 is 4.74 Å². The van der Waals surface area contributed by atoms with Crippen molar-refractivity contribution in [2.45, 2.75) is 17.5 Å². The summed E-state index contributed by atoms with van der Waals surface area (Å²) in [4.78, 5) is 4.49. The monoisotopic (exact) mass is 337 g/mol. The Balaban J connectivity index is 1.52. The Morgan fingerprint density at radius 1 is 1.32 bits per heavy atom. The Bertz CT molecular complexity index is 743. The predicted molar refractivity (Wildman–Crippen MR) is 81.2 cm³/mol. The van der Waals surface area contributed by atoms with Gasteiger partial charge in [0.2, 0.25) is 5.16 Å². The standard InChI is InChI=1S/C13H12FN5OS2/c1-19-13(16-17-18-19)22-8-10-7-21-12(15-10)6-20-11-4-2-9(14)3-5-11/h2-5,7H,6,8H2,1H3. The van der Waals surface area contributed by atoms with Crippen LogP contribution >= 0.6 is 23.1 Å². The van der Waals surface area contributed by atoms with Gasteiger partial charge in [0.1, 0.15) is 23.2 Å². The summed E-state index contributed by atoms with van der Waals surface area (Å²) in [6, 6.07) is 5.93. The average molecular weight is 337 g/mol. The molecule has 0 spiro atoms. The molecule has 114 valence electrons. The van der Waals surface area contributed by atoms with Crippen LogP contribution in [0.2, 0.25) is 0 Å². The maximum absolute atomic E-state index is 12.8. The number of nitrogens with zero attached hydrogens (tertiary/aromatic N) is 5. The summed E-state index contributed by atoms with van der Waals surface area (Å²) in [6.07, 6.45) is 0. The Kier molecular flexibility index (Phi) is 4.64. The fraction of sp³-hybridized carbons (Fsp3) is 0.231. The Labute approximate surface area is 134 Å². The molecule has 1 aromatic carbocycles. The molecule has 0 bridgehead atoms. The first-order valence-electron chi connectivity index (χ1n) is 6.37. The van der Waals surface area contributed by atoms with Crippen LogP contribution in [-0.4, -0.2) is 25.2 Å². The normalized spacial score (nSPS) is 10.8. The minimum absolute atomic E-state index is 0.279. The molecule has 0 N–H and O–H groups in total. The van der Waals surface area contributed by atoms with Gasteiger partial charge in [-0.1, -0.05) is 11.8 Å². The summed E-state index contributed by atoms with van der Waals surface area (Å²) < 4.78 is 20.0. The van der Waals surface area contributed by atoms with Crippen LogP contribution in [0.4, 0.5) is 4.39 Å². The minimum Gasteiger partial charge on any atom is -0.486 e. The van der Waals surface area contributed by atoms with E-state index >= 15 is 0 Å². The van der Waals surface area contributed by atoms with E-state index in [-0.39, 0.29) is 5.82 Å². The Morgan fingerprint density at radius 2 is 2.14 bits per heavy atom. The molecule has 0 unspecified atom stereocenters. The van der Waals surface area contributed by atoms with Crippen molar-refractivity contribution in [1.29, 1.82) is 0 Å². The van der Waals surface area contributed by atoms with Gasteiger partial charge in [0.15, 0.2) is 0 Å². The van der Waals surface area contributed by atoms with Gasteiger partial charge >= 0.3 is 0 Å². The van der Waals surface area contributed by atoms with Gasteiger partial charge in [0.05, 0.1) is 5.69 Å². The first kappa shape index (κ1) is 14.9. The number of aromatic nitrogens is 5. The molecule has 0 aliphatic rings. The van der Waals surface area contributed by atoms with Crippen molar-refractivity contribution < 1.29 is 9.13 Å². The molecular weight excluding hydrogens is 325 g/mol. The number of hydrogen-bond acceptors (Lipinski definition) is 7. The lowest BCUT2D eigenvalue weighted by Gasteiger charge is -2.03. The van der Waals surface area contributed by atoms with E-state index in [2.05, 4.69) is 20.5 Å². The van der Waals surface area contributed by atoms with Gasteiger partial charge in [0, 0.05) is 18.2 Å². The van der Waals surface area contributed by atoms with Crippen LogP contribution in [0.15, 0.2) is 34.8 Å². The van der Waals surface area contributed by atoms with E-state index in [4.69, 9.17) is 4.74 Å². The lowest BCUT2D eigenvalue weighted by atomic mass is 10.3. The van der Waals surface area contributed by atoms with Crippen molar-refractivity contribution in [1.82, 2.24) is 25.2 Å². The molecule has 0 atom stereocenters. The molecule has 2 heterocycles. The molecule has 0 saturated carbocycles. The van der Waals surface area contributed by atoms with E-state index in [1.807, 2.05) is 5.38 Å². The molecule has 0 saturated heterocycles. The van der Waals surface area contributed by atoms with Crippen LogP contribution in [-0.2, 0) is 19.4 Å². The highest BCUT2D eigenvalue weighted by atomic mass is 32.2. The number of rotatable bonds is 6. The number of tetrazole rings is 1. The predicted octanol–water partition coefficient (Wildman–Crippen LogP) is 2.68. The minimum atomic E-state index is -0.279. The molecular formula is C13H12FN5OS2. The molecule has 0 fully saturated rings. The van der Waals surface area contributed by atoms with Crippen molar-refractivity contribution in [3.8, 4) is 5.75 Å². The first-order chi connectivity index (χ1) is 10.7. The summed E-state index contributed by atoms with van der Waals surface area (Å²) in [5.41, 5.74) is 0.954. The average Bonchev–Trinajstić information content (AvgIpc) is 3.13. The van der Waals surface area contributed by atoms with Crippen molar-refractivity contribution in [3.63, 3.8) is 0 Å². The van der Waals surface area contributed by atoms with Crippen LogP contribution in [0.1, 0.15) is 10.7 Å². The van der Waals surface area contributed by atoms with Crippen molar-refractivity contribution >= 4 is 23.1 Å². The van der Waals surface area contributed by atoms with Gasteiger partial charge in [-0.05, 0) is 34.7 Å². The molecule has 0 aliphatic carbocycles. The van der Waals surface area contributed by atoms with E-state index in [0.717, 1.165) is 15.9 Å². The lowest BCUT2D eigenvalue weighted by Crippen LogP contribution is -1.96. The van der Waals surface area contributed by atoms with Crippen molar-refractivity contribution in [3.05, 3.63) is 46.2 Å². The highest BCUT2D eigenvalue weighted by molar-refractivity contribution is 7.98. The summed E-state index contributed by atoms with van der Waals surface area (Å²) in [5, 5.41) is 14.9. The van der Waals surface area contributed by atoms with Gasteiger partial charge in [-0.2, -0.15) is 0 Å². The second-order valence-electron chi connectivity index (χ2n) is 4.35. The topological polar surface area (TPSA) is 65.7 Å². The highest BCUT2D eigenvalue weighted by Gasteiger charge is 2.07. The van der Waals surface area contributed by atoms with E-state index in [1.165, 1.54) is 35.2 Å². The molecule has 3 aromatic rings. The molecule has 2 aromatic heterocycles. The maximum atomic E-state index is 12.8. The number of halogens is 1. The number of thioether (sulfide) groups is 1. The van der Waals surface area contributed by atoms with Crippen LogP contribution in [0, 0.1) is 5.82 Å². The molecule has 22 heavy (non-hydrogen) atoms. The summed E-state index contributed by atoms with van der Waals surface area (Å²) >= 11 is 3.06. The number of aryl methyl sites for hydroxylation is 1. The third-order valence-electron chi connectivity index (χ3n) is 2.71. The molecule has 0 aliphatic heterocycles. The highest BCUT2D eigenvalue weighted by Crippen LogP contribution is 2.21. The molecule has 3 rings (SSSR count). The molecule has 0 radical (unpaired) electrons. The quantitative estimate of drug-likeness (QED) is 0.644. The van der Waals surface area contributed by atoms with Crippen LogP contribution in [0.5, 0.6) is 5.75 Å². The second kappa shape index (κ2) is 6.84. The largest absolute Gasteiger partial charge is 0.486 e. The third-order valence-corrected chi connectivity index (χ3v) is 4.62. The number of benzene rings is 1. The van der Waals surface area contributed by atoms with Crippen molar-refractivity contribution in [2.75, 3.05) is 0 Å². The van der Waals surface area contributed by atoms with E-state index in [1.54, 1.807) is 23.9 Å². The van der Waals surface area contributed by atoms with Gasteiger partial charge < -0.3 is 4.74 Å². The number of ether oxygens (including phenoxy) is 1. The van der Waals surface area contributed by atoms with Crippen molar-refractivity contribution in [2.24, 2.45) is 7.05 Å². The van der Waals surface area contributed by atoms with Gasteiger partial charge in [0.25, 0.3) is 0 Å². The summed E-state index contributed by atoms with van der Waals surface area (Å²) in [5.74, 6) is 1.04. The SMILES string of the molecule is Cn1nnnc1SCc1csc(COc2ccc(F)cc2)n1. The second-order valence-corrected chi connectivity index (χ2v) is 6.23. The molecule has 6 nitrogen and oxygen atoms in total. The van der Waals surface area contributed by atoms with Crippen LogP contribution in [0.3, 0.4) is 0 Å². The zero-order valence-corrected chi connectivity index (χ0v) is 13.3. The van der Waals surface area contributed by atoms with Gasteiger partial charge in [-0.15, -0.1) is 16.4 Å². The fourth-order valence-corrected chi connectivity index (χ4v) is 3.19. The van der Waals surface area contributed by atoms with E-state index in [9.17, 15) is 4.39 Å². The first-order valence-corrected chi connectivity index (χ1v) is 8.24. The zero-order valence-electron chi connectivity index (χ0n) is 11.6. The van der Waals surface area contributed by atoms with Gasteiger partial charge in [-0.3, -0.25) is 0 Å². The Hall–Kier alpha value is -2.00. The van der Waals surface area contributed by atoms with E-state index in [0.29, 0.717) is 18.1 Å². The van der Waals surface area contributed by atoms with Gasteiger partial charge in [-0.25, -0.2) is 14.1 Å². The maximum Gasteiger partial charge on any atom is 0.209 e. The molecule has 9 heteroatoms. The van der Waals surface area contributed by atoms with E-state index < -0.39 is 0 Å². The smallest absolute Gasteiger partial charge is 0.209 e.